The lowest BCUT2D eigenvalue weighted by Crippen LogP contribution is -2.29. The van der Waals surface area contributed by atoms with E-state index in [-0.39, 0.29) is 12.1 Å². The van der Waals surface area contributed by atoms with Crippen LogP contribution in [0.2, 0.25) is 0 Å². The Morgan fingerprint density at radius 3 is 2.95 bits per heavy atom. The quantitative estimate of drug-likeness (QED) is 0.775. The van der Waals surface area contributed by atoms with Crippen LogP contribution < -0.4 is 10.6 Å². The van der Waals surface area contributed by atoms with E-state index in [4.69, 9.17) is 0 Å². The number of benzene rings is 1. The first-order valence-electron chi connectivity index (χ1n) is 6.92. The van der Waals surface area contributed by atoms with E-state index in [0.717, 1.165) is 16.0 Å². The molecule has 2 heterocycles. The van der Waals surface area contributed by atoms with Gasteiger partial charge in [-0.15, -0.1) is 10.2 Å². The smallest absolute Gasteiger partial charge is 0.321 e. The van der Waals surface area contributed by atoms with E-state index in [9.17, 15) is 4.79 Å². The van der Waals surface area contributed by atoms with Crippen LogP contribution in [-0.4, -0.2) is 25.8 Å². The second kappa shape index (κ2) is 6.10. The molecule has 0 unspecified atom stereocenters. The van der Waals surface area contributed by atoms with Crippen LogP contribution in [0.25, 0.3) is 10.2 Å². The fraction of sp³-hybridized carbons (Fsp3) is 0.286. The van der Waals surface area contributed by atoms with Crippen molar-refractivity contribution in [3.8, 4) is 0 Å². The van der Waals surface area contributed by atoms with Gasteiger partial charge in [0, 0.05) is 6.04 Å². The number of aromatic nitrogens is 4. The van der Waals surface area contributed by atoms with E-state index in [1.165, 1.54) is 11.3 Å². The fourth-order valence-electron chi connectivity index (χ4n) is 2.05. The minimum Gasteiger partial charge on any atom is -0.331 e. The molecule has 3 rings (SSSR count). The molecule has 0 aliphatic rings. The highest BCUT2D eigenvalue weighted by molar-refractivity contribution is 7.22. The Balaban J connectivity index is 1.61. The summed E-state index contributed by atoms with van der Waals surface area (Å²) in [6, 6.07) is 7.70. The second-order valence-electron chi connectivity index (χ2n) is 5.04. The molecule has 3 aromatic rings. The van der Waals surface area contributed by atoms with Crippen LogP contribution in [0, 0.1) is 0 Å². The van der Waals surface area contributed by atoms with Crippen LogP contribution in [0.4, 0.5) is 9.93 Å². The normalized spacial score (nSPS) is 11.0. The van der Waals surface area contributed by atoms with Crippen LogP contribution >= 0.6 is 11.3 Å². The van der Waals surface area contributed by atoms with Gasteiger partial charge in [-0.05, 0) is 26.0 Å². The minimum absolute atomic E-state index is 0.249. The fourth-order valence-corrected chi connectivity index (χ4v) is 2.91. The molecule has 0 aliphatic heterocycles. The van der Waals surface area contributed by atoms with Gasteiger partial charge < -0.3 is 9.88 Å². The molecule has 0 atom stereocenters. The second-order valence-corrected chi connectivity index (χ2v) is 6.07. The van der Waals surface area contributed by atoms with E-state index >= 15 is 0 Å². The van der Waals surface area contributed by atoms with E-state index in [0.29, 0.717) is 11.7 Å². The molecule has 0 radical (unpaired) electrons. The van der Waals surface area contributed by atoms with Gasteiger partial charge in [0.05, 0.1) is 16.8 Å². The molecule has 22 heavy (non-hydrogen) atoms. The molecule has 2 aromatic heterocycles. The van der Waals surface area contributed by atoms with Crippen molar-refractivity contribution in [3.63, 3.8) is 0 Å². The molecule has 0 spiro atoms. The maximum absolute atomic E-state index is 12.0. The van der Waals surface area contributed by atoms with Crippen LogP contribution in [0.1, 0.15) is 25.7 Å². The first-order valence-corrected chi connectivity index (χ1v) is 7.74. The number of para-hydroxylation sites is 1. The number of urea groups is 1. The SMILES string of the molecule is CC(C)n1cnnc1CNC(=O)Nc1nc2ccccc2s1. The maximum atomic E-state index is 12.0. The lowest BCUT2D eigenvalue weighted by molar-refractivity contribution is 0.251. The zero-order valence-electron chi connectivity index (χ0n) is 12.3. The predicted octanol–water partition coefficient (Wildman–Crippen LogP) is 2.79. The summed E-state index contributed by atoms with van der Waals surface area (Å²) in [5, 5.41) is 14.0. The molecular weight excluding hydrogens is 300 g/mol. The molecule has 0 aliphatic carbocycles. The zero-order valence-corrected chi connectivity index (χ0v) is 13.1. The Bertz CT molecular complexity index is 760. The van der Waals surface area contributed by atoms with Gasteiger partial charge in [-0.3, -0.25) is 5.32 Å². The Kier molecular flexibility index (Phi) is 4.01. The number of anilines is 1. The number of nitrogens with one attached hydrogen (secondary N) is 2. The highest BCUT2D eigenvalue weighted by Crippen LogP contribution is 2.25. The monoisotopic (exact) mass is 316 g/mol. The largest absolute Gasteiger partial charge is 0.331 e. The van der Waals surface area contributed by atoms with Crippen LogP contribution in [-0.2, 0) is 6.54 Å². The van der Waals surface area contributed by atoms with Gasteiger partial charge in [0.1, 0.15) is 6.33 Å². The number of rotatable bonds is 4. The number of hydrogen-bond acceptors (Lipinski definition) is 5. The average molecular weight is 316 g/mol. The van der Waals surface area contributed by atoms with Crippen molar-refractivity contribution in [1.29, 1.82) is 0 Å². The molecule has 2 N–H and O–H groups in total. The van der Waals surface area contributed by atoms with Gasteiger partial charge in [-0.1, -0.05) is 23.5 Å². The molecule has 7 nitrogen and oxygen atoms in total. The number of fused-ring (bicyclic) bond motifs is 1. The average Bonchev–Trinajstić information content (AvgIpc) is 3.10. The van der Waals surface area contributed by atoms with Gasteiger partial charge in [-0.2, -0.15) is 0 Å². The Hall–Kier alpha value is -2.48. The van der Waals surface area contributed by atoms with Crippen molar-refractivity contribution in [1.82, 2.24) is 25.1 Å². The first-order chi connectivity index (χ1) is 10.6. The molecule has 2 amide bonds. The molecule has 114 valence electrons. The van der Waals surface area contributed by atoms with E-state index in [1.54, 1.807) is 6.33 Å². The van der Waals surface area contributed by atoms with Gasteiger partial charge in [-0.25, -0.2) is 9.78 Å². The van der Waals surface area contributed by atoms with Crippen molar-refractivity contribution in [2.75, 3.05) is 5.32 Å². The molecule has 1 aromatic carbocycles. The Morgan fingerprint density at radius 2 is 2.18 bits per heavy atom. The van der Waals surface area contributed by atoms with Crippen molar-refractivity contribution in [2.45, 2.75) is 26.4 Å². The molecule has 0 saturated carbocycles. The standard InChI is InChI=1S/C14H16N6OS/c1-9(2)20-8-16-19-12(20)7-15-13(21)18-14-17-10-5-3-4-6-11(10)22-14/h3-6,8-9H,7H2,1-2H3,(H2,15,17,18,21). The predicted molar refractivity (Wildman–Crippen MR) is 85.9 cm³/mol. The zero-order chi connectivity index (χ0) is 15.5. The molecule has 0 bridgehead atoms. The van der Waals surface area contributed by atoms with Gasteiger partial charge in [0.25, 0.3) is 0 Å². The summed E-state index contributed by atoms with van der Waals surface area (Å²) >= 11 is 1.44. The van der Waals surface area contributed by atoms with Gasteiger partial charge in [0.15, 0.2) is 11.0 Å². The highest BCUT2D eigenvalue weighted by Gasteiger charge is 2.10. The summed E-state index contributed by atoms with van der Waals surface area (Å²) in [6.07, 6.45) is 1.66. The first kappa shape index (κ1) is 14.5. The summed E-state index contributed by atoms with van der Waals surface area (Å²) < 4.78 is 2.95. The maximum Gasteiger partial charge on any atom is 0.321 e. The number of carbonyl (C=O) groups excluding carboxylic acids is 1. The molecule has 8 heteroatoms. The topological polar surface area (TPSA) is 84.7 Å². The van der Waals surface area contributed by atoms with Crippen molar-refractivity contribution >= 4 is 32.7 Å². The minimum atomic E-state index is -0.308. The van der Waals surface area contributed by atoms with Crippen molar-refractivity contribution < 1.29 is 4.79 Å². The summed E-state index contributed by atoms with van der Waals surface area (Å²) in [5.41, 5.74) is 0.877. The molecule has 0 fully saturated rings. The third-order valence-electron chi connectivity index (χ3n) is 3.13. The summed E-state index contributed by atoms with van der Waals surface area (Å²) in [7, 11) is 0. The van der Waals surface area contributed by atoms with Crippen LogP contribution in [0.15, 0.2) is 30.6 Å². The van der Waals surface area contributed by atoms with Crippen LogP contribution in [0.5, 0.6) is 0 Å². The number of nitrogens with zero attached hydrogens (tertiary/aromatic N) is 4. The third kappa shape index (κ3) is 3.06. The van der Waals surface area contributed by atoms with Gasteiger partial charge in [0.2, 0.25) is 0 Å². The summed E-state index contributed by atoms with van der Waals surface area (Å²) in [4.78, 5) is 16.3. The van der Waals surface area contributed by atoms with Crippen molar-refractivity contribution in [3.05, 3.63) is 36.4 Å². The van der Waals surface area contributed by atoms with E-state index in [2.05, 4.69) is 25.8 Å². The number of thiazole rings is 1. The lowest BCUT2D eigenvalue weighted by Gasteiger charge is -2.10. The Labute approximate surface area is 131 Å². The molecular formula is C14H16N6OS. The van der Waals surface area contributed by atoms with E-state index < -0.39 is 0 Å². The number of carbonyl (C=O) groups is 1. The summed E-state index contributed by atoms with van der Waals surface area (Å²) in [5.74, 6) is 0.717. The summed E-state index contributed by atoms with van der Waals surface area (Å²) in [6.45, 7) is 4.39. The third-order valence-corrected chi connectivity index (χ3v) is 4.08. The number of hydrogen-bond donors (Lipinski definition) is 2. The molecule has 0 saturated heterocycles. The highest BCUT2D eigenvalue weighted by atomic mass is 32.1. The lowest BCUT2D eigenvalue weighted by atomic mass is 10.3. The van der Waals surface area contributed by atoms with E-state index in [1.807, 2.05) is 42.7 Å². The van der Waals surface area contributed by atoms with Gasteiger partial charge >= 0.3 is 6.03 Å². The number of amides is 2. The Morgan fingerprint density at radius 1 is 1.36 bits per heavy atom. The van der Waals surface area contributed by atoms with Crippen molar-refractivity contribution in [2.24, 2.45) is 0 Å². The van der Waals surface area contributed by atoms with Crippen LogP contribution in [0.3, 0.4) is 0 Å².